The largest absolute Gasteiger partial charge is 0.493 e. The van der Waals surface area contributed by atoms with Crippen LogP contribution < -0.4 is 9.47 Å². The van der Waals surface area contributed by atoms with E-state index in [1.807, 2.05) is 6.07 Å². The van der Waals surface area contributed by atoms with Crippen molar-refractivity contribution in [2.75, 3.05) is 27.3 Å². The minimum absolute atomic E-state index is 0.0279. The highest BCUT2D eigenvalue weighted by molar-refractivity contribution is 6.03. The Morgan fingerprint density at radius 2 is 1.69 bits per heavy atom. The van der Waals surface area contributed by atoms with Crippen molar-refractivity contribution in [1.29, 1.82) is 0 Å². The molecule has 0 spiro atoms. The van der Waals surface area contributed by atoms with Crippen molar-refractivity contribution in [2.45, 2.75) is 31.9 Å². The molecule has 5 heteroatoms. The van der Waals surface area contributed by atoms with Gasteiger partial charge in [0.05, 0.1) is 26.2 Å². The molecule has 4 rings (SSSR count). The van der Waals surface area contributed by atoms with Crippen molar-refractivity contribution in [1.82, 2.24) is 4.90 Å². The molecular weight excluding hydrogens is 366 g/mol. The predicted octanol–water partition coefficient (Wildman–Crippen LogP) is 3.85. The molecule has 2 aromatic carbocycles. The molecule has 29 heavy (non-hydrogen) atoms. The van der Waals surface area contributed by atoms with Crippen LogP contribution in [0.2, 0.25) is 0 Å². The van der Waals surface area contributed by atoms with Crippen molar-refractivity contribution in [3.8, 4) is 11.5 Å². The zero-order valence-electron chi connectivity index (χ0n) is 17.1. The summed E-state index contributed by atoms with van der Waals surface area (Å²) in [7, 11) is 3.12. The van der Waals surface area contributed by atoms with Gasteiger partial charge in [-0.15, -0.1) is 0 Å². The van der Waals surface area contributed by atoms with E-state index in [4.69, 9.17) is 9.47 Å². The number of benzene rings is 2. The fourth-order valence-electron chi connectivity index (χ4n) is 4.73. The number of hydrogen-bond donors (Lipinski definition) is 1. The van der Waals surface area contributed by atoms with E-state index < -0.39 is 6.10 Å². The topological polar surface area (TPSA) is 59.0 Å². The second kappa shape index (κ2) is 8.56. The van der Waals surface area contributed by atoms with Crippen LogP contribution in [0.4, 0.5) is 0 Å². The highest BCUT2D eigenvalue weighted by Gasteiger charge is 2.41. The number of aliphatic hydroxyl groups excluding tert-OH is 1. The maximum absolute atomic E-state index is 13.0. The van der Waals surface area contributed by atoms with Crippen molar-refractivity contribution in [3.05, 3.63) is 59.2 Å². The minimum Gasteiger partial charge on any atom is -0.493 e. The van der Waals surface area contributed by atoms with Gasteiger partial charge in [-0.05, 0) is 61.5 Å². The van der Waals surface area contributed by atoms with Crippen LogP contribution >= 0.6 is 0 Å². The van der Waals surface area contributed by atoms with Crippen LogP contribution in [0.1, 0.15) is 46.9 Å². The molecule has 1 heterocycles. The normalized spacial score (nSPS) is 22.5. The second-order valence-corrected chi connectivity index (χ2v) is 8.15. The van der Waals surface area contributed by atoms with Crippen molar-refractivity contribution in [2.24, 2.45) is 11.8 Å². The Labute approximate surface area is 172 Å². The Balaban J connectivity index is 1.38. The number of Topliss-reactive ketones (excluding diaryl/α,β-unsaturated/α-hetero) is 1. The average Bonchev–Trinajstić information content (AvgIpc) is 2.99. The van der Waals surface area contributed by atoms with Crippen molar-refractivity contribution < 1.29 is 19.4 Å². The molecular formula is C24H29NO4. The summed E-state index contributed by atoms with van der Waals surface area (Å²) in [6, 6.07) is 14.0. The Morgan fingerprint density at radius 1 is 1.03 bits per heavy atom. The molecule has 2 atom stereocenters. The molecule has 154 valence electrons. The monoisotopic (exact) mass is 395 g/mol. The summed E-state index contributed by atoms with van der Waals surface area (Å²) >= 11 is 0. The number of carbonyl (C=O) groups is 1. The lowest BCUT2D eigenvalue weighted by atomic mass is 9.84. The number of fused-ring (bicyclic) bond motifs is 1. The van der Waals surface area contributed by atoms with Gasteiger partial charge in [0.1, 0.15) is 0 Å². The zero-order valence-corrected chi connectivity index (χ0v) is 17.1. The maximum Gasteiger partial charge on any atom is 0.169 e. The lowest BCUT2D eigenvalue weighted by Gasteiger charge is -2.33. The molecule has 1 aliphatic heterocycles. The van der Waals surface area contributed by atoms with E-state index in [2.05, 4.69) is 29.2 Å². The van der Waals surface area contributed by atoms with Crippen LogP contribution in [0.25, 0.3) is 0 Å². The molecule has 1 N–H and O–H groups in total. The first-order valence-corrected chi connectivity index (χ1v) is 10.3. The Hall–Kier alpha value is -2.37. The standard InChI is InChI=1S/C24H29NO4/c1-28-21-13-18-19(14-22(21)29-2)24(27)20(23(18)26)12-16-8-10-25(11-9-16)15-17-6-4-3-5-7-17/h3-7,13-14,16,20,23,26H,8-12,15H2,1-2H3. The van der Waals surface area contributed by atoms with E-state index in [0.717, 1.165) is 38.9 Å². The molecule has 1 fully saturated rings. The summed E-state index contributed by atoms with van der Waals surface area (Å²) in [5, 5.41) is 10.8. The first kappa shape index (κ1) is 19.9. The molecule has 0 amide bonds. The van der Waals surface area contributed by atoms with E-state index >= 15 is 0 Å². The molecule has 0 aromatic heterocycles. The van der Waals surface area contributed by atoms with Gasteiger partial charge in [0, 0.05) is 12.1 Å². The fraction of sp³-hybridized carbons (Fsp3) is 0.458. The second-order valence-electron chi connectivity index (χ2n) is 8.15. The van der Waals surface area contributed by atoms with Gasteiger partial charge < -0.3 is 14.6 Å². The van der Waals surface area contributed by atoms with Crippen LogP contribution in [-0.4, -0.2) is 43.1 Å². The summed E-state index contributed by atoms with van der Waals surface area (Å²) in [6.45, 7) is 3.04. The number of rotatable bonds is 6. The molecule has 2 aliphatic rings. The first-order valence-electron chi connectivity index (χ1n) is 10.3. The van der Waals surface area contributed by atoms with Gasteiger partial charge in [-0.25, -0.2) is 0 Å². The third-order valence-electron chi connectivity index (χ3n) is 6.40. The maximum atomic E-state index is 13.0. The van der Waals surface area contributed by atoms with E-state index in [9.17, 15) is 9.90 Å². The lowest BCUT2D eigenvalue weighted by molar-refractivity contribution is 0.0644. The number of ether oxygens (including phenoxy) is 2. The van der Waals surface area contributed by atoms with Gasteiger partial charge in [-0.3, -0.25) is 9.69 Å². The van der Waals surface area contributed by atoms with Crippen LogP contribution in [0.3, 0.4) is 0 Å². The number of methoxy groups -OCH3 is 2. The lowest BCUT2D eigenvalue weighted by Crippen LogP contribution is -2.34. The van der Waals surface area contributed by atoms with Crippen LogP contribution in [0, 0.1) is 11.8 Å². The van der Waals surface area contributed by atoms with Crippen molar-refractivity contribution in [3.63, 3.8) is 0 Å². The SMILES string of the molecule is COc1cc2c(cc1OC)C(O)C(CC1CCN(Cc3ccccc3)CC1)C2=O. The molecule has 2 aromatic rings. The number of likely N-dealkylation sites (tertiary alicyclic amines) is 1. The summed E-state index contributed by atoms with van der Waals surface area (Å²) < 4.78 is 10.7. The molecule has 2 unspecified atom stereocenters. The fourth-order valence-corrected chi connectivity index (χ4v) is 4.73. The third kappa shape index (κ3) is 4.02. The minimum atomic E-state index is -0.764. The van der Waals surface area contributed by atoms with E-state index in [1.165, 1.54) is 5.56 Å². The van der Waals surface area contributed by atoms with Gasteiger partial charge in [0.2, 0.25) is 0 Å². The zero-order chi connectivity index (χ0) is 20.4. The molecule has 1 aliphatic carbocycles. The number of carbonyl (C=O) groups excluding carboxylic acids is 1. The molecule has 5 nitrogen and oxygen atoms in total. The molecule has 1 saturated heterocycles. The van der Waals surface area contributed by atoms with E-state index in [0.29, 0.717) is 28.5 Å². The van der Waals surface area contributed by atoms with Gasteiger partial charge in [0.25, 0.3) is 0 Å². The Morgan fingerprint density at radius 3 is 2.34 bits per heavy atom. The smallest absolute Gasteiger partial charge is 0.169 e. The third-order valence-corrected chi connectivity index (χ3v) is 6.40. The summed E-state index contributed by atoms with van der Waals surface area (Å²) in [5.41, 5.74) is 2.58. The summed E-state index contributed by atoms with van der Waals surface area (Å²) in [4.78, 5) is 15.5. The number of hydrogen-bond acceptors (Lipinski definition) is 5. The number of piperidine rings is 1. The average molecular weight is 395 g/mol. The van der Waals surface area contributed by atoms with Gasteiger partial charge in [-0.1, -0.05) is 30.3 Å². The molecule has 0 radical (unpaired) electrons. The van der Waals surface area contributed by atoms with Gasteiger partial charge >= 0.3 is 0 Å². The predicted molar refractivity (Wildman–Crippen MR) is 111 cm³/mol. The number of aliphatic hydroxyl groups is 1. The Kier molecular flexibility index (Phi) is 5.88. The van der Waals surface area contributed by atoms with E-state index in [1.54, 1.807) is 26.4 Å². The van der Waals surface area contributed by atoms with E-state index in [-0.39, 0.29) is 11.7 Å². The van der Waals surface area contributed by atoms with Gasteiger partial charge in [-0.2, -0.15) is 0 Å². The molecule has 0 bridgehead atoms. The van der Waals surface area contributed by atoms with Crippen LogP contribution in [0.5, 0.6) is 11.5 Å². The first-order chi connectivity index (χ1) is 14.1. The van der Waals surface area contributed by atoms with Crippen molar-refractivity contribution >= 4 is 5.78 Å². The quantitative estimate of drug-likeness (QED) is 0.805. The number of ketones is 1. The highest BCUT2D eigenvalue weighted by Crippen LogP contribution is 2.45. The summed E-state index contributed by atoms with van der Waals surface area (Å²) in [6.07, 6.45) is 2.09. The summed E-state index contributed by atoms with van der Waals surface area (Å²) in [5.74, 6) is 1.20. The van der Waals surface area contributed by atoms with Crippen LogP contribution in [-0.2, 0) is 6.54 Å². The van der Waals surface area contributed by atoms with Crippen LogP contribution in [0.15, 0.2) is 42.5 Å². The highest BCUT2D eigenvalue weighted by atomic mass is 16.5. The molecule has 0 saturated carbocycles. The van der Waals surface area contributed by atoms with Gasteiger partial charge in [0.15, 0.2) is 17.3 Å². The number of nitrogens with zero attached hydrogens (tertiary/aromatic N) is 1. The Bertz CT molecular complexity index is 859.